The molecule has 0 aromatic carbocycles. The van der Waals surface area contributed by atoms with Crippen molar-refractivity contribution in [1.29, 1.82) is 0 Å². The third-order valence-electron chi connectivity index (χ3n) is 0. The maximum Gasteiger partial charge on any atom is 0.0785 e. The van der Waals surface area contributed by atoms with Crippen LogP contribution in [-0.4, -0.2) is 7.18 Å². The van der Waals surface area contributed by atoms with Crippen LogP contribution in [-0.2, 0) is 22.4 Å². The first-order valence-corrected chi connectivity index (χ1v) is 0.378. The Bertz CT molecular complexity index is 8.00. The maximum atomic E-state index is 9.50. The molecule has 3 heteroatoms. The summed E-state index contributed by atoms with van der Waals surface area (Å²) in [6.07, 6.45) is 0. The number of hydrogen-bond acceptors (Lipinski definition) is 0. The van der Waals surface area contributed by atoms with E-state index in [2.05, 4.69) is 0 Å². The summed E-state index contributed by atoms with van der Waals surface area (Å²) in [5, 5.41) is 0. The van der Waals surface area contributed by atoms with Crippen LogP contribution >= 0.6 is 0 Å². The molecular formula is CH3CeFNb. The molecule has 0 N–H and O–H groups in total. The average Bonchev–Trinajstić information content (AvgIpc) is 1.00. The SMILES string of the molecule is CF.[Ce].[Nb]. The minimum Gasteiger partial charge on any atom is -0.255 e. The van der Waals surface area contributed by atoms with Gasteiger partial charge in [0.05, 0.1) is 7.18 Å². The summed E-state index contributed by atoms with van der Waals surface area (Å²) in [6.45, 7) is 0. The second-order valence-electron chi connectivity index (χ2n) is 0. The fraction of sp³-hybridized carbons (Fsp3) is 1.00. The van der Waals surface area contributed by atoms with Crippen LogP contribution in [0.25, 0.3) is 0 Å². The van der Waals surface area contributed by atoms with Crippen molar-refractivity contribution in [3.05, 3.63) is 0 Å². The molecule has 0 saturated carbocycles. The smallest absolute Gasteiger partial charge is 0.0785 e. The van der Waals surface area contributed by atoms with Crippen molar-refractivity contribution >= 4 is 0 Å². The van der Waals surface area contributed by atoms with E-state index in [9.17, 15) is 4.39 Å². The number of alkyl halides is 1. The molecule has 0 bridgehead atoms. The molecule has 0 saturated heterocycles. The van der Waals surface area contributed by atoms with Gasteiger partial charge in [-0.15, -0.1) is 0 Å². The molecule has 0 unspecified atom stereocenters. The molecule has 23 valence electrons. The van der Waals surface area contributed by atoms with Crippen molar-refractivity contribution < 1.29 is 68.5 Å². The van der Waals surface area contributed by atoms with Crippen LogP contribution in [0.4, 0.5) is 4.39 Å². The summed E-state index contributed by atoms with van der Waals surface area (Å²) >= 11 is 0. The summed E-state index contributed by atoms with van der Waals surface area (Å²) < 4.78 is 9.50. The van der Waals surface area contributed by atoms with E-state index in [1.165, 1.54) is 0 Å². The predicted molar refractivity (Wildman–Crippen MR) is 7.03 cm³/mol. The molecule has 0 amide bonds. The zero-order valence-corrected chi connectivity index (χ0v) is 7.66. The molecule has 1 radical (unpaired) electrons. The quantitative estimate of drug-likeness (QED) is 0.563. The first-order chi connectivity index (χ1) is 1.00. The van der Waals surface area contributed by atoms with E-state index in [-0.39, 0.29) is 64.1 Å². The van der Waals surface area contributed by atoms with Crippen molar-refractivity contribution in [3.63, 3.8) is 0 Å². The fourth-order valence-corrected chi connectivity index (χ4v) is 0. The Kier molecular flexibility index (Phi) is 81.8. The van der Waals surface area contributed by atoms with E-state index in [1.54, 1.807) is 0 Å². The van der Waals surface area contributed by atoms with Gasteiger partial charge >= 0.3 is 0 Å². The molecular weight excluding hydrogens is 264 g/mol. The second-order valence-corrected chi connectivity index (χ2v) is 0. The minimum absolute atomic E-state index is 0. The molecule has 0 heterocycles. The number of hydrogen-bond donors (Lipinski definition) is 0. The van der Waals surface area contributed by atoms with Crippen molar-refractivity contribution in [2.75, 3.05) is 7.18 Å². The van der Waals surface area contributed by atoms with Gasteiger partial charge in [0, 0.05) is 64.1 Å². The Labute approximate surface area is 74.4 Å². The number of halogens is 1. The second kappa shape index (κ2) is 19.7. The van der Waals surface area contributed by atoms with Crippen molar-refractivity contribution in [2.45, 2.75) is 0 Å². The van der Waals surface area contributed by atoms with Crippen LogP contribution in [0.5, 0.6) is 0 Å². The van der Waals surface area contributed by atoms with Crippen molar-refractivity contribution in [3.8, 4) is 0 Å². The summed E-state index contributed by atoms with van der Waals surface area (Å²) in [5.41, 5.74) is 0. The van der Waals surface area contributed by atoms with Gasteiger partial charge in [-0.25, -0.2) is 0 Å². The summed E-state index contributed by atoms with van der Waals surface area (Å²) in [4.78, 5) is 0. The Morgan fingerprint density at radius 2 is 1.25 bits per heavy atom. The largest absolute Gasteiger partial charge is 0.255 e. The molecule has 0 fully saturated rings. The van der Waals surface area contributed by atoms with Gasteiger partial charge in [-0.3, -0.25) is 4.39 Å². The number of rotatable bonds is 0. The topological polar surface area (TPSA) is 0 Å². The van der Waals surface area contributed by atoms with Crippen LogP contribution < -0.4 is 0 Å². The van der Waals surface area contributed by atoms with E-state index in [4.69, 9.17) is 0 Å². The predicted octanol–water partition coefficient (Wildman–Crippen LogP) is 0.583. The summed E-state index contributed by atoms with van der Waals surface area (Å²) in [5.74, 6) is 0. The van der Waals surface area contributed by atoms with Crippen LogP contribution in [0, 0.1) is 41.7 Å². The molecule has 0 aromatic rings. The monoisotopic (exact) mass is 267 g/mol. The van der Waals surface area contributed by atoms with Crippen molar-refractivity contribution in [1.82, 2.24) is 0 Å². The molecule has 0 rings (SSSR count). The average molecular weight is 267 g/mol. The van der Waals surface area contributed by atoms with Crippen LogP contribution in [0.1, 0.15) is 0 Å². The van der Waals surface area contributed by atoms with Gasteiger partial charge in [-0.05, 0) is 0 Å². The molecule has 0 nitrogen and oxygen atoms in total. The molecule has 0 spiro atoms. The summed E-state index contributed by atoms with van der Waals surface area (Å²) in [6, 6.07) is 0. The van der Waals surface area contributed by atoms with E-state index >= 15 is 0 Å². The molecule has 0 atom stereocenters. The summed E-state index contributed by atoms with van der Waals surface area (Å²) in [7, 11) is 0.500. The third-order valence-corrected chi connectivity index (χ3v) is 0. The first kappa shape index (κ1) is 16.6. The molecule has 0 aromatic heterocycles. The Balaban J connectivity index is -0.00000000500. The van der Waals surface area contributed by atoms with E-state index < -0.39 is 0 Å². The third kappa shape index (κ3) is 8.97. The maximum absolute atomic E-state index is 9.50. The van der Waals surface area contributed by atoms with Gasteiger partial charge in [-0.1, -0.05) is 0 Å². The molecule has 0 aliphatic carbocycles. The van der Waals surface area contributed by atoms with E-state index in [0.717, 1.165) is 0 Å². The molecule has 4 heavy (non-hydrogen) atoms. The van der Waals surface area contributed by atoms with E-state index in [1.807, 2.05) is 0 Å². The van der Waals surface area contributed by atoms with Crippen LogP contribution in [0.15, 0.2) is 0 Å². The molecule has 0 aliphatic heterocycles. The van der Waals surface area contributed by atoms with Gasteiger partial charge in [-0.2, -0.15) is 0 Å². The van der Waals surface area contributed by atoms with Crippen LogP contribution in [0.3, 0.4) is 0 Å². The zero-order valence-electron chi connectivity index (χ0n) is 2.33. The molecule has 0 aliphatic rings. The van der Waals surface area contributed by atoms with Gasteiger partial charge in [0.15, 0.2) is 0 Å². The minimum atomic E-state index is 0. The van der Waals surface area contributed by atoms with Gasteiger partial charge in [0.1, 0.15) is 0 Å². The van der Waals surface area contributed by atoms with Crippen molar-refractivity contribution in [2.24, 2.45) is 0 Å². The first-order valence-electron chi connectivity index (χ1n) is 0.378. The normalized spacial score (nSPS) is 1.50. The van der Waals surface area contributed by atoms with Gasteiger partial charge in [0.25, 0.3) is 0 Å². The van der Waals surface area contributed by atoms with Crippen LogP contribution in [0.2, 0.25) is 0 Å². The zero-order chi connectivity index (χ0) is 2.00. The Hall–Kier alpha value is 2.05. The Morgan fingerprint density at radius 1 is 1.25 bits per heavy atom. The fourth-order valence-electron chi connectivity index (χ4n) is 0. The van der Waals surface area contributed by atoms with Gasteiger partial charge in [0.2, 0.25) is 0 Å². The van der Waals surface area contributed by atoms with Gasteiger partial charge < -0.3 is 0 Å². The Morgan fingerprint density at radius 3 is 1.25 bits per heavy atom. The van der Waals surface area contributed by atoms with E-state index in [0.29, 0.717) is 7.18 Å². The standard InChI is InChI=1S/CH3F.Ce.Nb/c1-2;;/h1H3;;.